The normalized spacial score (nSPS) is 18.2. The molecular formula is C64H69FN4O2S2. The lowest BCUT2D eigenvalue weighted by Gasteiger charge is -2.45. The van der Waals surface area contributed by atoms with E-state index in [9.17, 15) is 9.18 Å². The van der Waals surface area contributed by atoms with Gasteiger partial charge in [0.2, 0.25) is 5.91 Å². The standard InChI is InChI=1S/C64H69FN4O2S2/c1-3-59(67-71-2)62-58(49-35-37-56(65)38-36-49)47-57-39-40-60(62)69(57)43-22-42-68(44-46-73-64(53-29-16-7-17-30-53,54-31-18-8-19-32-54)55-33-20-9-21-34-55)48-61(70)66-41-45-72-63(50-23-10-4-11-24-50,51-25-12-5-13-26-51)52-27-14-6-15-28-52/h4-21,23-38,57-58,60,62H,3,22,39-48H2,1-2H3,(H,66,70). The Morgan fingerprint density at radius 3 is 1.53 bits per heavy atom. The maximum Gasteiger partial charge on any atom is 0.234 e. The number of nitrogens with one attached hydrogen (secondary N) is 1. The van der Waals surface area contributed by atoms with Gasteiger partial charge in [0.1, 0.15) is 12.9 Å². The highest BCUT2D eigenvalue weighted by Crippen LogP contribution is 2.51. The zero-order chi connectivity index (χ0) is 50.3. The van der Waals surface area contributed by atoms with Crippen molar-refractivity contribution in [2.45, 2.75) is 66.5 Å². The van der Waals surface area contributed by atoms with Gasteiger partial charge in [-0.15, -0.1) is 23.5 Å². The summed E-state index contributed by atoms with van der Waals surface area (Å²) in [5, 5.41) is 8.00. The van der Waals surface area contributed by atoms with Crippen LogP contribution in [0.1, 0.15) is 83.9 Å². The molecule has 2 aliphatic rings. The van der Waals surface area contributed by atoms with Crippen LogP contribution in [0, 0.1) is 11.7 Å². The Bertz CT molecular complexity index is 2600. The second-order valence-electron chi connectivity index (χ2n) is 19.3. The number of fused-ring (bicyclic) bond motifs is 2. The van der Waals surface area contributed by atoms with Crippen LogP contribution in [0.3, 0.4) is 0 Å². The van der Waals surface area contributed by atoms with E-state index in [1.54, 1.807) is 19.2 Å². The molecule has 2 heterocycles. The number of thioether (sulfide) groups is 2. The smallest absolute Gasteiger partial charge is 0.234 e. The van der Waals surface area contributed by atoms with E-state index in [-0.39, 0.29) is 23.6 Å². The number of hydrogen-bond acceptors (Lipinski definition) is 7. The van der Waals surface area contributed by atoms with Crippen LogP contribution >= 0.6 is 23.5 Å². The summed E-state index contributed by atoms with van der Waals surface area (Å²) in [6, 6.07) is 72.7. The van der Waals surface area contributed by atoms with E-state index < -0.39 is 9.49 Å². The maximum atomic E-state index is 14.4. The first kappa shape index (κ1) is 51.9. The first-order valence-electron chi connectivity index (χ1n) is 26.2. The Morgan fingerprint density at radius 1 is 0.644 bits per heavy atom. The second kappa shape index (κ2) is 25.3. The van der Waals surface area contributed by atoms with E-state index in [1.165, 1.54) is 38.9 Å². The first-order valence-corrected chi connectivity index (χ1v) is 28.1. The van der Waals surface area contributed by atoms with Gasteiger partial charge in [0, 0.05) is 42.6 Å². The third kappa shape index (κ3) is 11.9. The third-order valence-electron chi connectivity index (χ3n) is 15.1. The van der Waals surface area contributed by atoms with Crippen LogP contribution < -0.4 is 5.32 Å². The largest absolute Gasteiger partial charge is 0.399 e. The molecule has 2 saturated heterocycles. The van der Waals surface area contributed by atoms with Crippen molar-refractivity contribution in [3.8, 4) is 0 Å². The molecule has 2 fully saturated rings. The fourth-order valence-electron chi connectivity index (χ4n) is 11.9. The van der Waals surface area contributed by atoms with Crippen molar-refractivity contribution < 1.29 is 14.0 Å². The number of rotatable bonds is 24. The van der Waals surface area contributed by atoms with E-state index >= 15 is 0 Å². The number of carbonyl (C=O) groups excluding carboxylic acids is 1. The highest BCUT2D eigenvalue weighted by Gasteiger charge is 2.49. The number of hydrogen-bond donors (Lipinski definition) is 1. The molecule has 9 rings (SSSR count). The summed E-state index contributed by atoms with van der Waals surface area (Å²) in [6.45, 7) is 5.46. The molecule has 7 aromatic carbocycles. The number of oxime groups is 1. The van der Waals surface area contributed by atoms with Crippen LogP contribution in [0.25, 0.3) is 0 Å². The summed E-state index contributed by atoms with van der Waals surface area (Å²) in [6.07, 6.45) is 4.94. The highest BCUT2D eigenvalue weighted by atomic mass is 32.2. The second-order valence-corrected chi connectivity index (χ2v) is 21.9. The monoisotopic (exact) mass is 1010 g/mol. The molecule has 2 bridgehead atoms. The van der Waals surface area contributed by atoms with E-state index in [4.69, 9.17) is 4.84 Å². The minimum Gasteiger partial charge on any atom is -0.399 e. The number of piperidine rings is 1. The van der Waals surface area contributed by atoms with Crippen molar-refractivity contribution in [2.75, 3.05) is 51.3 Å². The lowest BCUT2D eigenvalue weighted by atomic mass is 9.73. The molecule has 6 nitrogen and oxygen atoms in total. The molecule has 4 unspecified atom stereocenters. The minimum atomic E-state index is -0.459. The van der Waals surface area contributed by atoms with Gasteiger partial charge in [0.25, 0.3) is 0 Å². The Labute approximate surface area is 441 Å². The van der Waals surface area contributed by atoms with Crippen LogP contribution in [0.5, 0.6) is 0 Å². The number of amides is 1. The lowest BCUT2D eigenvalue weighted by Crippen LogP contribution is -2.51. The maximum absolute atomic E-state index is 14.4. The summed E-state index contributed by atoms with van der Waals surface area (Å²) in [5.74, 6) is 1.78. The van der Waals surface area contributed by atoms with Crippen molar-refractivity contribution in [1.29, 1.82) is 0 Å². The molecule has 376 valence electrons. The third-order valence-corrected chi connectivity index (χ3v) is 18.2. The van der Waals surface area contributed by atoms with Crippen LogP contribution in [-0.4, -0.2) is 84.8 Å². The van der Waals surface area contributed by atoms with Crippen LogP contribution in [0.2, 0.25) is 0 Å². The van der Waals surface area contributed by atoms with Crippen molar-refractivity contribution in [3.63, 3.8) is 0 Å². The van der Waals surface area contributed by atoms with Gasteiger partial charge in [-0.1, -0.05) is 206 Å². The Kier molecular flexibility index (Phi) is 18.0. The molecule has 0 aliphatic carbocycles. The Hall–Kier alpha value is -5.97. The summed E-state index contributed by atoms with van der Waals surface area (Å²) >= 11 is 3.82. The minimum absolute atomic E-state index is 0.0411. The number of halogens is 1. The van der Waals surface area contributed by atoms with Gasteiger partial charge >= 0.3 is 0 Å². The molecule has 0 radical (unpaired) electrons. The van der Waals surface area contributed by atoms with Crippen LogP contribution in [0.4, 0.5) is 4.39 Å². The van der Waals surface area contributed by atoms with E-state index in [0.717, 1.165) is 69.0 Å². The summed E-state index contributed by atoms with van der Waals surface area (Å²) in [7, 11) is 1.64. The predicted molar refractivity (Wildman–Crippen MR) is 303 cm³/mol. The molecule has 1 N–H and O–H groups in total. The molecule has 7 aromatic rings. The van der Waals surface area contributed by atoms with Gasteiger partial charge in [0.15, 0.2) is 0 Å². The number of nitrogens with zero attached hydrogens (tertiary/aromatic N) is 3. The molecule has 4 atom stereocenters. The SMILES string of the molecule is CCC(=NOC)C1C(c2ccc(F)cc2)CC2CCC1N2CCCN(CCSC(c1ccccc1)(c1ccccc1)c1ccccc1)CC(=O)NCCSC(c1ccccc1)(c1ccccc1)c1ccccc1. The quantitative estimate of drug-likeness (QED) is 0.0282. The molecule has 0 aromatic heterocycles. The van der Waals surface area contributed by atoms with Crippen LogP contribution in [-0.2, 0) is 19.1 Å². The van der Waals surface area contributed by atoms with E-state index in [0.29, 0.717) is 25.2 Å². The average Bonchev–Trinajstić information content (AvgIpc) is 3.73. The number of carbonyl (C=O) groups is 1. The molecule has 9 heteroatoms. The van der Waals surface area contributed by atoms with Gasteiger partial charge in [-0.2, -0.15) is 0 Å². The van der Waals surface area contributed by atoms with E-state index in [1.807, 2.05) is 35.7 Å². The molecule has 1 amide bonds. The average molecular weight is 1010 g/mol. The zero-order valence-corrected chi connectivity index (χ0v) is 43.9. The molecule has 2 aliphatic heterocycles. The Morgan fingerprint density at radius 2 is 1.10 bits per heavy atom. The summed E-state index contributed by atoms with van der Waals surface area (Å²) in [5.41, 5.74) is 9.58. The van der Waals surface area contributed by atoms with Gasteiger partial charge in [-0.25, -0.2) is 4.39 Å². The predicted octanol–water partition coefficient (Wildman–Crippen LogP) is 13.4. The van der Waals surface area contributed by atoms with Crippen molar-refractivity contribution >= 4 is 35.1 Å². The Balaban J connectivity index is 0.943. The fraction of sp³-hybridized carbons (Fsp3) is 0.312. The fourth-order valence-corrected chi connectivity index (χ4v) is 14.9. The van der Waals surface area contributed by atoms with Gasteiger partial charge in [-0.3, -0.25) is 14.6 Å². The first-order chi connectivity index (χ1) is 35.9. The lowest BCUT2D eigenvalue weighted by molar-refractivity contribution is -0.122. The summed E-state index contributed by atoms with van der Waals surface area (Å²) < 4.78 is 13.3. The van der Waals surface area contributed by atoms with Gasteiger partial charge in [-0.05, 0) is 102 Å². The molecule has 0 saturated carbocycles. The zero-order valence-electron chi connectivity index (χ0n) is 42.3. The van der Waals surface area contributed by atoms with E-state index in [2.05, 4.69) is 209 Å². The van der Waals surface area contributed by atoms with Gasteiger partial charge < -0.3 is 10.2 Å². The van der Waals surface area contributed by atoms with Crippen molar-refractivity contribution in [1.82, 2.24) is 15.1 Å². The topological polar surface area (TPSA) is 57.2 Å². The molecule has 73 heavy (non-hydrogen) atoms. The van der Waals surface area contributed by atoms with Gasteiger partial charge in [0.05, 0.1) is 21.8 Å². The number of benzene rings is 7. The van der Waals surface area contributed by atoms with Crippen molar-refractivity contribution in [2.24, 2.45) is 11.1 Å². The van der Waals surface area contributed by atoms with Crippen molar-refractivity contribution in [3.05, 3.63) is 251 Å². The molecule has 0 spiro atoms. The van der Waals surface area contributed by atoms with Crippen LogP contribution in [0.15, 0.2) is 211 Å². The highest BCUT2D eigenvalue weighted by molar-refractivity contribution is 8.00. The summed E-state index contributed by atoms with van der Waals surface area (Å²) in [4.78, 5) is 25.0. The molecular weight excluding hydrogens is 940 g/mol.